The Bertz CT molecular complexity index is 667. The summed E-state index contributed by atoms with van der Waals surface area (Å²) in [6, 6.07) is 10.8. The first-order valence-electron chi connectivity index (χ1n) is 11.2. The molecular weight excluding hydrogens is 344 g/mol. The van der Waals surface area contributed by atoms with E-state index in [9.17, 15) is 4.79 Å². The van der Waals surface area contributed by atoms with E-state index in [0.29, 0.717) is 17.7 Å². The molecule has 2 aliphatic rings. The number of carbonyl (C=O) groups is 1. The van der Waals surface area contributed by atoms with Gasteiger partial charge in [0, 0.05) is 25.7 Å². The highest BCUT2D eigenvalue weighted by Gasteiger charge is 2.41. The third kappa shape index (κ3) is 4.92. The van der Waals surface area contributed by atoms with E-state index in [1.54, 1.807) is 0 Å². The number of likely N-dealkylation sites (tertiary alicyclic amines) is 1. The van der Waals surface area contributed by atoms with Gasteiger partial charge in [0.25, 0.3) is 0 Å². The van der Waals surface area contributed by atoms with Crippen molar-refractivity contribution in [3.8, 4) is 0 Å². The average molecular weight is 381 g/mol. The van der Waals surface area contributed by atoms with Gasteiger partial charge in [-0.25, -0.2) is 0 Å². The molecule has 28 heavy (non-hydrogen) atoms. The third-order valence-electron chi connectivity index (χ3n) is 6.72. The average Bonchev–Trinajstić information content (AvgIpc) is 3.12. The molecule has 1 amide bonds. The lowest BCUT2D eigenvalue weighted by Crippen LogP contribution is -2.41. The van der Waals surface area contributed by atoms with Crippen molar-refractivity contribution in [3.05, 3.63) is 48.0 Å². The molecule has 0 spiro atoms. The molecule has 3 unspecified atom stereocenters. The van der Waals surface area contributed by atoms with E-state index in [2.05, 4.69) is 61.2 Å². The quantitative estimate of drug-likeness (QED) is 0.560. The summed E-state index contributed by atoms with van der Waals surface area (Å²) >= 11 is 0. The first-order chi connectivity index (χ1) is 13.7. The van der Waals surface area contributed by atoms with Crippen LogP contribution in [0.3, 0.4) is 0 Å². The molecular formula is C25H36N2O. The minimum atomic E-state index is -0.104. The van der Waals surface area contributed by atoms with Crippen LogP contribution in [0.2, 0.25) is 0 Å². The summed E-state index contributed by atoms with van der Waals surface area (Å²) in [6.07, 6.45) is 15.0. The summed E-state index contributed by atoms with van der Waals surface area (Å²) in [4.78, 5) is 19.4. The molecule has 3 atom stereocenters. The zero-order chi connectivity index (χ0) is 19.8. The number of rotatable bonds is 9. The van der Waals surface area contributed by atoms with Gasteiger partial charge in [-0.15, -0.1) is 0 Å². The fourth-order valence-corrected chi connectivity index (χ4v) is 5.04. The highest BCUT2D eigenvalue weighted by molar-refractivity contribution is 5.76. The van der Waals surface area contributed by atoms with Gasteiger partial charge in [-0.1, -0.05) is 63.1 Å². The molecule has 1 fully saturated rings. The van der Waals surface area contributed by atoms with Crippen LogP contribution in [0.15, 0.2) is 47.5 Å². The van der Waals surface area contributed by atoms with Crippen LogP contribution in [0.25, 0.3) is 0 Å². The van der Waals surface area contributed by atoms with Crippen molar-refractivity contribution in [1.29, 1.82) is 0 Å². The molecule has 3 rings (SSSR count). The second-order valence-electron chi connectivity index (χ2n) is 8.55. The Morgan fingerprint density at radius 2 is 2.00 bits per heavy atom. The number of benzene rings is 1. The molecule has 2 aliphatic heterocycles. The summed E-state index contributed by atoms with van der Waals surface area (Å²) in [5, 5.41) is 0. The van der Waals surface area contributed by atoms with E-state index in [4.69, 9.17) is 4.99 Å². The summed E-state index contributed by atoms with van der Waals surface area (Å²) in [6.45, 7) is 6.50. The largest absolute Gasteiger partial charge is 0.343 e. The number of hydrogen-bond donors (Lipinski definition) is 0. The van der Waals surface area contributed by atoms with Crippen LogP contribution >= 0.6 is 0 Å². The predicted molar refractivity (Wildman–Crippen MR) is 118 cm³/mol. The van der Waals surface area contributed by atoms with Crippen molar-refractivity contribution >= 4 is 12.1 Å². The molecule has 152 valence electrons. The standard InChI is InChI=1S/C25H36N2O/c1-3-23(14-10-19-27-18-9-5-8-15-24(27)28)25(16-11-17-26-25)21(2)20-22-12-6-4-7-13-22/h4,6-7,11-13,16-17,21,23H,3,5,8-10,14-15,18-20H2,1-2H3. The maximum atomic E-state index is 12.3. The van der Waals surface area contributed by atoms with Crippen LogP contribution in [0, 0.1) is 11.8 Å². The Kier molecular flexibility index (Phi) is 7.47. The van der Waals surface area contributed by atoms with Crippen molar-refractivity contribution in [2.75, 3.05) is 13.1 Å². The van der Waals surface area contributed by atoms with E-state index >= 15 is 0 Å². The second kappa shape index (κ2) is 10.0. The first kappa shape index (κ1) is 20.8. The van der Waals surface area contributed by atoms with E-state index in [0.717, 1.165) is 58.0 Å². The van der Waals surface area contributed by atoms with Gasteiger partial charge in [-0.3, -0.25) is 9.79 Å². The van der Waals surface area contributed by atoms with Gasteiger partial charge < -0.3 is 4.90 Å². The Morgan fingerprint density at radius 1 is 1.18 bits per heavy atom. The normalized spacial score (nSPS) is 24.4. The number of allylic oxidation sites excluding steroid dienone is 1. The van der Waals surface area contributed by atoms with Gasteiger partial charge in [-0.05, 0) is 55.6 Å². The minimum Gasteiger partial charge on any atom is -0.343 e. The minimum absolute atomic E-state index is 0.104. The molecule has 1 aromatic rings. The van der Waals surface area contributed by atoms with Crippen molar-refractivity contribution in [2.45, 2.75) is 70.8 Å². The van der Waals surface area contributed by atoms with Crippen LogP contribution in [0.5, 0.6) is 0 Å². The number of nitrogens with zero attached hydrogens (tertiary/aromatic N) is 2. The Morgan fingerprint density at radius 3 is 2.71 bits per heavy atom. The first-order valence-corrected chi connectivity index (χ1v) is 11.2. The van der Waals surface area contributed by atoms with Gasteiger partial charge in [0.2, 0.25) is 5.91 Å². The highest BCUT2D eigenvalue weighted by Crippen LogP contribution is 2.40. The molecule has 3 heteroatoms. The number of amides is 1. The fraction of sp³-hybridized carbons (Fsp3) is 0.600. The Labute approximate surface area is 170 Å². The Balaban J connectivity index is 1.63. The molecule has 1 saturated heterocycles. The van der Waals surface area contributed by atoms with Gasteiger partial charge in [-0.2, -0.15) is 0 Å². The van der Waals surface area contributed by atoms with Crippen LogP contribution < -0.4 is 0 Å². The van der Waals surface area contributed by atoms with E-state index < -0.39 is 0 Å². The van der Waals surface area contributed by atoms with Gasteiger partial charge in [0.05, 0.1) is 5.54 Å². The third-order valence-corrected chi connectivity index (χ3v) is 6.72. The number of carbonyl (C=O) groups excluding carboxylic acids is 1. The molecule has 0 saturated carbocycles. The fourth-order valence-electron chi connectivity index (χ4n) is 5.04. The van der Waals surface area contributed by atoms with E-state index in [1.165, 1.54) is 12.0 Å². The second-order valence-corrected chi connectivity index (χ2v) is 8.55. The van der Waals surface area contributed by atoms with Gasteiger partial charge in [0.15, 0.2) is 0 Å². The lowest BCUT2D eigenvalue weighted by Gasteiger charge is -2.39. The maximum absolute atomic E-state index is 12.3. The topological polar surface area (TPSA) is 32.7 Å². The predicted octanol–water partition coefficient (Wildman–Crippen LogP) is 5.45. The summed E-state index contributed by atoms with van der Waals surface area (Å²) in [5.41, 5.74) is 1.28. The van der Waals surface area contributed by atoms with Crippen LogP contribution in [-0.4, -0.2) is 35.7 Å². The van der Waals surface area contributed by atoms with Gasteiger partial charge in [0.1, 0.15) is 0 Å². The molecule has 0 aromatic heterocycles. The van der Waals surface area contributed by atoms with Crippen molar-refractivity contribution in [3.63, 3.8) is 0 Å². The van der Waals surface area contributed by atoms with Crippen LogP contribution in [0.1, 0.15) is 64.4 Å². The SMILES string of the molecule is CCC(CCCN1CCCCCC1=O)C1(C(C)Cc2ccccc2)C=CC=N1. The monoisotopic (exact) mass is 380 g/mol. The zero-order valence-electron chi connectivity index (χ0n) is 17.6. The Hall–Kier alpha value is -1.90. The number of aliphatic imine (C=N–C) groups is 1. The van der Waals surface area contributed by atoms with Crippen molar-refractivity contribution < 1.29 is 4.79 Å². The van der Waals surface area contributed by atoms with E-state index in [1.807, 2.05) is 6.21 Å². The molecule has 0 bridgehead atoms. The smallest absolute Gasteiger partial charge is 0.222 e. The lowest BCUT2D eigenvalue weighted by atomic mass is 9.70. The maximum Gasteiger partial charge on any atom is 0.222 e. The molecule has 1 aromatic carbocycles. The highest BCUT2D eigenvalue weighted by atomic mass is 16.2. The molecule has 0 aliphatic carbocycles. The van der Waals surface area contributed by atoms with E-state index in [-0.39, 0.29) is 5.54 Å². The van der Waals surface area contributed by atoms with Crippen molar-refractivity contribution in [1.82, 2.24) is 4.90 Å². The molecule has 0 N–H and O–H groups in total. The molecule has 0 radical (unpaired) electrons. The molecule has 2 heterocycles. The zero-order valence-corrected chi connectivity index (χ0v) is 17.6. The summed E-state index contributed by atoms with van der Waals surface area (Å²) in [5.74, 6) is 1.33. The van der Waals surface area contributed by atoms with Crippen LogP contribution in [0.4, 0.5) is 0 Å². The lowest BCUT2D eigenvalue weighted by molar-refractivity contribution is -0.130. The summed E-state index contributed by atoms with van der Waals surface area (Å²) in [7, 11) is 0. The van der Waals surface area contributed by atoms with Crippen molar-refractivity contribution in [2.24, 2.45) is 16.8 Å². The summed E-state index contributed by atoms with van der Waals surface area (Å²) < 4.78 is 0. The van der Waals surface area contributed by atoms with Crippen LogP contribution in [-0.2, 0) is 11.2 Å². The molecule has 3 nitrogen and oxygen atoms in total. The number of hydrogen-bond acceptors (Lipinski definition) is 2. The van der Waals surface area contributed by atoms with Gasteiger partial charge >= 0.3 is 0 Å².